The molecule has 0 radical (unpaired) electrons. The zero-order valence-corrected chi connectivity index (χ0v) is 11.1. The molecule has 0 aliphatic rings. The van der Waals surface area contributed by atoms with Crippen molar-refractivity contribution >= 4 is 0 Å². The molecular weight excluding hydrogens is 182 g/mol. The van der Waals surface area contributed by atoms with Crippen molar-refractivity contribution in [1.29, 1.82) is 0 Å². The van der Waals surface area contributed by atoms with Crippen LogP contribution >= 0.6 is 0 Å². The Balaban J connectivity index is 4.61. The van der Waals surface area contributed by atoms with Gasteiger partial charge in [-0.25, -0.2) is 0 Å². The lowest BCUT2D eigenvalue weighted by molar-refractivity contribution is 0.101. The normalized spacial score (nSPS) is 12.9. The molecular formula is C14H27N. The van der Waals surface area contributed by atoms with Crippen molar-refractivity contribution in [2.75, 3.05) is 13.1 Å². The summed E-state index contributed by atoms with van der Waals surface area (Å²) in [6.07, 6.45) is 5.10. The van der Waals surface area contributed by atoms with Gasteiger partial charge in [0.15, 0.2) is 0 Å². The van der Waals surface area contributed by atoms with Crippen LogP contribution in [0.1, 0.15) is 41.0 Å². The minimum Gasteiger partial charge on any atom is -0.291 e. The van der Waals surface area contributed by atoms with Gasteiger partial charge >= 0.3 is 0 Å². The maximum atomic E-state index is 3.82. The molecule has 1 heteroatoms. The highest BCUT2D eigenvalue weighted by atomic mass is 15.2. The summed E-state index contributed by atoms with van der Waals surface area (Å²) in [6.45, 7) is 20.9. The average molecular weight is 209 g/mol. The second-order valence-electron chi connectivity index (χ2n) is 6.03. The molecule has 0 fully saturated rings. The zero-order chi connectivity index (χ0) is 12.1. The predicted octanol–water partition coefficient (Wildman–Crippen LogP) is 3.88. The van der Waals surface area contributed by atoms with E-state index in [1.165, 1.54) is 6.42 Å². The number of nitrogens with zero attached hydrogens (tertiary/aromatic N) is 1. The smallest absolute Gasteiger partial charge is 0.0169 e. The first-order valence-corrected chi connectivity index (χ1v) is 5.70. The Morgan fingerprint density at radius 1 is 0.933 bits per heavy atom. The van der Waals surface area contributed by atoms with Crippen LogP contribution in [-0.4, -0.2) is 23.5 Å². The topological polar surface area (TPSA) is 3.24 Å². The summed E-state index contributed by atoms with van der Waals surface area (Å²) in [6, 6.07) is 0. The van der Waals surface area contributed by atoms with Crippen molar-refractivity contribution in [3.05, 3.63) is 25.3 Å². The molecule has 0 aromatic heterocycles. The molecule has 0 heterocycles. The molecule has 88 valence electrons. The minimum atomic E-state index is 0.195. The van der Waals surface area contributed by atoms with Crippen molar-refractivity contribution in [2.24, 2.45) is 5.41 Å². The third-order valence-corrected chi connectivity index (χ3v) is 2.52. The molecule has 0 aromatic carbocycles. The van der Waals surface area contributed by atoms with E-state index >= 15 is 0 Å². The Morgan fingerprint density at radius 3 is 1.60 bits per heavy atom. The molecule has 0 amide bonds. The van der Waals surface area contributed by atoms with Crippen LogP contribution in [0.25, 0.3) is 0 Å². The number of hydrogen-bond acceptors (Lipinski definition) is 1. The lowest BCUT2D eigenvalue weighted by Crippen LogP contribution is -2.46. The maximum Gasteiger partial charge on any atom is 0.0169 e. The van der Waals surface area contributed by atoms with Crippen LogP contribution in [0.4, 0.5) is 0 Å². The average Bonchev–Trinajstić information content (AvgIpc) is 1.99. The Morgan fingerprint density at radius 2 is 1.33 bits per heavy atom. The first-order valence-electron chi connectivity index (χ1n) is 5.70. The van der Waals surface area contributed by atoms with E-state index in [9.17, 15) is 0 Å². The third kappa shape index (κ3) is 5.78. The standard InChI is InChI=1S/C14H27N/c1-8-10-15(11-9-2)14(6,7)12-13(3,4)5/h8-9H,1-2,10-12H2,3-7H3. The SMILES string of the molecule is C=CCN(CC=C)C(C)(C)CC(C)(C)C. The van der Waals surface area contributed by atoms with E-state index in [-0.39, 0.29) is 5.54 Å². The van der Waals surface area contributed by atoms with Gasteiger partial charge in [-0.05, 0) is 25.7 Å². The number of rotatable bonds is 6. The Kier molecular flexibility index (Phi) is 5.30. The molecule has 0 unspecified atom stereocenters. The van der Waals surface area contributed by atoms with Gasteiger partial charge < -0.3 is 0 Å². The fraction of sp³-hybridized carbons (Fsp3) is 0.714. The van der Waals surface area contributed by atoms with Crippen LogP contribution in [0.5, 0.6) is 0 Å². The summed E-state index contributed by atoms with van der Waals surface area (Å²) < 4.78 is 0. The van der Waals surface area contributed by atoms with Gasteiger partial charge in [0.05, 0.1) is 0 Å². The molecule has 0 aromatic rings. The highest BCUT2D eigenvalue weighted by Crippen LogP contribution is 2.31. The van der Waals surface area contributed by atoms with Gasteiger partial charge in [0.2, 0.25) is 0 Å². The van der Waals surface area contributed by atoms with E-state index in [1.54, 1.807) is 0 Å². The lowest BCUT2D eigenvalue weighted by atomic mass is 9.81. The van der Waals surface area contributed by atoms with Gasteiger partial charge in [-0.2, -0.15) is 0 Å². The van der Waals surface area contributed by atoms with Crippen LogP contribution in [0.15, 0.2) is 25.3 Å². The van der Waals surface area contributed by atoms with Crippen LogP contribution in [0.3, 0.4) is 0 Å². The van der Waals surface area contributed by atoms with E-state index in [0.29, 0.717) is 5.41 Å². The summed E-state index contributed by atoms with van der Waals surface area (Å²) in [5, 5.41) is 0. The van der Waals surface area contributed by atoms with Gasteiger partial charge in [0.1, 0.15) is 0 Å². The second-order valence-corrected chi connectivity index (χ2v) is 6.03. The van der Waals surface area contributed by atoms with Crippen LogP contribution in [0, 0.1) is 5.41 Å². The monoisotopic (exact) mass is 209 g/mol. The van der Waals surface area contributed by atoms with Crippen LogP contribution in [0.2, 0.25) is 0 Å². The number of hydrogen-bond donors (Lipinski definition) is 0. The molecule has 0 bridgehead atoms. The van der Waals surface area contributed by atoms with Crippen molar-refractivity contribution in [3.8, 4) is 0 Å². The second kappa shape index (κ2) is 5.50. The fourth-order valence-corrected chi connectivity index (χ4v) is 2.29. The Labute approximate surface area is 95.9 Å². The van der Waals surface area contributed by atoms with E-state index < -0.39 is 0 Å². The van der Waals surface area contributed by atoms with Crippen LogP contribution < -0.4 is 0 Å². The summed E-state index contributed by atoms with van der Waals surface area (Å²) >= 11 is 0. The van der Waals surface area contributed by atoms with Gasteiger partial charge in [-0.3, -0.25) is 4.90 Å². The van der Waals surface area contributed by atoms with Crippen molar-refractivity contribution in [1.82, 2.24) is 4.90 Å². The maximum absolute atomic E-state index is 3.82. The molecule has 1 nitrogen and oxygen atoms in total. The highest BCUT2D eigenvalue weighted by Gasteiger charge is 2.29. The van der Waals surface area contributed by atoms with Gasteiger partial charge in [-0.1, -0.05) is 32.9 Å². The van der Waals surface area contributed by atoms with Crippen molar-refractivity contribution in [3.63, 3.8) is 0 Å². The van der Waals surface area contributed by atoms with Crippen molar-refractivity contribution < 1.29 is 0 Å². The highest BCUT2D eigenvalue weighted by molar-refractivity contribution is 4.92. The lowest BCUT2D eigenvalue weighted by Gasteiger charge is -2.41. The molecule has 0 atom stereocenters. The van der Waals surface area contributed by atoms with E-state index in [4.69, 9.17) is 0 Å². The molecule has 15 heavy (non-hydrogen) atoms. The minimum absolute atomic E-state index is 0.195. The molecule has 0 aliphatic carbocycles. The summed E-state index contributed by atoms with van der Waals surface area (Å²) in [7, 11) is 0. The Hall–Kier alpha value is -0.560. The Bertz CT molecular complexity index is 198. The molecule has 0 aliphatic heterocycles. The van der Waals surface area contributed by atoms with E-state index in [2.05, 4.69) is 52.7 Å². The summed E-state index contributed by atoms with van der Waals surface area (Å²) in [4.78, 5) is 2.41. The largest absolute Gasteiger partial charge is 0.291 e. The molecule has 0 spiro atoms. The first-order chi connectivity index (χ1) is 6.73. The van der Waals surface area contributed by atoms with E-state index in [1.807, 2.05) is 12.2 Å². The van der Waals surface area contributed by atoms with Gasteiger partial charge in [0.25, 0.3) is 0 Å². The summed E-state index contributed by atoms with van der Waals surface area (Å²) in [5.41, 5.74) is 0.546. The van der Waals surface area contributed by atoms with E-state index in [0.717, 1.165) is 13.1 Å². The predicted molar refractivity (Wildman–Crippen MR) is 70.1 cm³/mol. The molecule has 0 N–H and O–H groups in total. The van der Waals surface area contributed by atoms with Gasteiger partial charge in [0, 0.05) is 18.6 Å². The first kappa shape index (κ1) is 14.4. The molecule has 0 saturated heterocycles. The van der Waals surface area contributed by atoms with Crippen molar-refractivity contribution in [2.45, 2.75) is 46.6 Å². The zero-order valence-electron chi connectivity index (χ0n) is 11.1. The fourth-order valence-electron chi connectivity index (χ4n) is 2.29. The summed E-state index contributed by atoms with van der Waals surface area (Å²) in [5.74, 6) is 0. The third-order valence-electron chi connectivity index (χ3n) is 2.52. The molecule has 0 saturated carbocycles. The van der Waals surface area contributed by atoms with Gasteiger partial charge in [-0.15, -0.1) is 13.2 Å². The van der Waals surface area contributed by atoms with Crippen LogP contribution in [-0.2, 0) is 0 Å². The molecule has 0 rings (SSSR count). The quantitative estimate of drug-likeness (QED) is 0.600.